The molecule has 13 nitrogen and oxygen atoms in total. The SMILES string of the molecule is O=C(CCn1c(CN2CCN(C/C=C/c3ccccc3)CC2)nc2ccccc21)c1ccccc1.O=C(O)/C=C\C(=O)O.O=C(O)/C=C\C(=O)O. The van der Waals surface area contributed by atoms with Crippen LogP contribution < -0.4 is 0 Å². The molecule has 0 radical (unpaired) electrons. The van der Waals surface area contributed by atoms with E-state index in [1.807, 2.05) is 48.5 Å². The molecule has 0 unspecified atom stereocenters. The summed E-state index contributed by atoms with van der Waals surface area (Å²) in [4.78, 5) is 60.9. The summed E-state index contributed by atoms with van der Waals surface area (Å²) in [7, 11) is 0. The fourth-order valence-corrected chi connectivity index (χ4v) is 4.99. The number of benzene rings is 3. The van der Waals surface area contributed by atoms with Crippen molar-refractivity contribution >= 4 is 46.8 Å². The topological polar surface area (TPSA) is 191 Å². The van der Waals surface area contributed by atoms with E-state index in [2.05, 4.69) is 62.9 Å². The Hall–Kier alpha value is -6.18. The summed E-state index contributed by atoms with van der Waals surface area (Å²) in [6.07, 6.45) is 7.16. The number of fused-ring (bicyclic) bond motifs is 1. The third-order valence-corrected chi connectivity index (χ3v) is 7.43. The van der Waals surface area contributed by atoms with Crippen molar-refractivity contribution in [1.82, 2.24) is 19.4 Å². The van der Waals surface area contributed by atoms with Gasteiger partial charge in [-0.25, -0.2) is 24.2 Å². The molecule has 4 aromatic rings. The number of carboxylic acid groups (broad SMARTS) is 4. The van der Waals surface area contributed by atoms with Gasteiger partial charge in [-0.15, -0.1) is 0 Å². The predicted molar refractivity (Wildman–Crippen MR) is 191 cm³/mol. The summed E-state index contributed by atoms with van der Waals surface area (Å²) in [5, 5.41) is 31.2. The monoisotopic (exact) mass is 696 g/mol. The van der Waals surface area contributed by atoms with Crippen LogP contribution in [0, 0.1) is 0 Å². The van der Waals surface area contributed by atoms with Crippen LogP contribution in [0.25, 0.3) is 17.1 Å². The van der Waals surface area contributed by atoms with Crippen LogP contribution in [0.4, 0.5) is 0 Å². The molecule has 1 aliphatic rings. The van der Waals surface area contributed by atoms with E-state index in [1.54, 1.807) is 0 Å². The van der Waals surface area contributed by atoms with Crippen LogP contribution in [-0.2, 0) is 32.3 Å². The number of carbonyl (C=O) groups excluding carboxylic acids is 1. The molecule has 3 aromatic carbocycles. The Morgan fingerprint density at radius 3 is 1.67 bits per heavy atom. The number of Topliss-reactive ketones (excluding diaryl/α,β-unsaturated/α-hetero) is 1. The highest BCUT2D eigenvalue weighted by atomic mass is 16.4. The molecule has 0 atom stereocenters. The Bertz CT molecular complexity index is 1780. The average Bonchev–Trinajstić information content (AvgIpc) is 3.47. The molecule has 5 rings (SSSR count). The summed E-state index contributed by atoms with van der Waals surface area (Å²) in [5.41, 5.74) is 4.12. The number of rotatable bonds is 13. The van der Waals surface area contributed by atoms with Crippen molar-refractivity contribution in [2.24, 2.45) is 0 Å². The van der Waals surface area contributed by atoms with Crippen molar-refractivity contribution in [3.63, 3.8) is 0 Å². The van der Waals surface area contributed by atoms with Crippen molar-refractivity contribution in [3.05, 3.63) is 132 Å². The lowest BCUT2D eigenvalue weighted by Crippen LogP contribution is -2.46. The number of carboxylic acids is 4. The molecule has 0 amide bonds. The second kappa shape index (κ2) is 21.0. The van der Waals surface area contributed by atoms with Gasteiger partial charge in [0.05, 0.1) is 17.6 Å². The first-order chi connectivity index (χ1) is 24.5. The van der Waals surface area contributed by atoms with Gasteiger partial charge in [-0.3, -0.25) is 14.6 Å². The second-order valence-electron chi connectivity index (χ2n) is 11.1. The summed E-state index contributed by atoms with van der Waals surface area (Å²) in [6, 6.07) is 28.3. The standard InChI is InChI=1S/C30H32N4O.2C4H4O4/c35-29(26-13-5-2-6-14-26)17-19-34-28-16-8-7-15-27(28)31-30(34)24-33-22-20-32(21-23-33)18-9-12-25-10-3-1-4-11-25;2*5-3(6)1-2-4(7)8/h1-16H,17-24H2;2*1-2H,(H,5,6)(H,7,8)/b12-9+;2*2-1-. The zero-order chi connectivity index (χ0) is 37.0. The summed E-state index contributed by atoms with van der Waals surface area (Å²) in [5.74, 6) is -3.81. The van der Waals surface area contributed by atoms with Crippen molar-refractivity contribution in [2.75, 3.05) is 32.7 Å². The maximum atomic E-state index is 12.7. The molecule has 1 saturated heterocycles. The van der Waals surface area contributed by atoms with Gasteiger partial charge in [0.25, 0.3) is 0 Å². The molecule has 0 bridgehead atoms. The lowest BCUT2D eigenvalue weighted by atomic mass is 10.1. The molecule has 4 N–H and O–H groups in total. The van der Waals surface area contributed by atoms with E-state index in [-0.39, 0.29) is 5.78 Å². The molecule has 1 aromatic heterocycles. The molecular formula is C38H40N4O9. The Morgan fingerprint density at radius 2 is 1.12 bits per heavy atom. The van der Waals surface area contributed by atoms with Crippen LogP contribution in [-0.4, -0.2) is 102 Å². The molecule has 266 valence electrons. The zero-order valence-electron chi connectivity index (χ0n) is 27.8. The quantitative estimate of drug-likeness (QED) is 0.113. The Balaban J connectivity index is 0.000000366. The van der Waals surface area contributed by atoms with Crippen LogP contribution in [0.15, 0.2) is 115 Å². The molecule has 1 fully saturated rings. The highest BCUT2D eigenvalue weighted by Gasteiger charge is 2.20. The van der Waals surface area contributed by atoms with Crippen LogP contribution in [0.3, 0.4) is 0 Å². The number of nitrogens with zero attached hydrogens (tertiary/aromatic N) is 4. The number of hydrogen-bond acceptors (Lipinski definition) is 8. The van der Waals surface area contributed by atoms with Gasteiger partial charge in [-0.05, 0) is 17.7 Å². The van der Waals surface area contributed by atoms with Gasteiger partial charge < -0.3 is 25.0 Å². The number of aliphatic carboxylic acids is 4. The molecule has 2 heterocycles. The third kappa shape index (κ3) is 14.9. The zero-order valence-corrected chi connectivity index (χ0v) is 27.8. The normalized spacial score (nSPS) is 13.4. The fourth-order valence-electron chi connectivity index (χ4n) is 4.99. The first kappa shape index (κ1) is 39.3. The van der Waals surface area contributed by atoms with Crippen LogP contribution in [0.1, 0.15) is 28.2 Å². The third-order valence-electron chi connectivity index (χ3n) is 7.43. The van der Waals surface area contributed by atoms with Gasteiger partial charge in [0.2, 0.25) is 0 Å². The number of aryl methyl sites for hydroxylation is 1. The number of ketones is 1. The lowest BCUT2D eigenvalue weighted by Gasteiger charge is -2.34. The van der Waals surface area contributed by atoms with E-state index in [0.29, 0.717) is 37.3 Å². The van der Waals surface area contributed by atoms with E-state index in [4.69, 9.17) is 25.4 Å². The lowest BCUT2D eigenvalue weighted by molar-refractivity contribution is -0.134. The highest BCUT2D eigenvalue weighted by molar-refractivity contribution is 5.96. The number of piperazine rings is 1. The van der Waals surface area contributed by atoms with Crippen LogP contribution >= 0.6 is 0 Å². The Kier molecular flexibility index (Phi) is 16.2. The molecule has 13 heteroatoms. The largest absolute Gasteiger partial charge is 0.478 e. The minimum Gasteiger partial charge on any atom is -0.478 e. The molecule has 0 saturated carbocycles. The number of aromatic nitrogens is 2. The van der Waals surface area contributed by atoms with E-state index < -0.39 is 23.9 Å². The molecular weight excluding hydrogens is 656 g/mol. The van der Waals surface area contributed by atoms with E-state index in [0.717, 1.165) is 61.7 Å². The number of imidazole rings is 1. The second-order valence-corrected chi connectivity index (χ2v) is 11.1. The van der Waals surface area contributed by atoms with Crippen molar-refractivity contribution in [3.8, 4) is 0 Å². The van der Waals surface area contributed by atoms with Crippen molar-refractivity contribution < 1.29 is 44.4 Å². The molecule has 0 spiro atoms. The minimum absolute atomic E-state index is 0.173. The van der Waals surface area contributed by atoms with Crippen molar-refractivity contribution in [2.45, 2.75) is 19.5 Å². The van der Waals surface area contributed by atoms with E-state index in [9.17, 15) is 24.0 Å². The molecule has 0 aliphatic carbocycles. The minimum atomic E-state index is -1.26. The maximum Gasteiger partial charge on any atom is 0.328 e. The number of para-hydroxylation sites is 2. The van der Waals surface area contributed by atoms with E-state index >= 15 is 0 Å². The summed E-state index contributed by atoms with van der Waals surface area (Å²) in [6.45, 7) is 6.56. The Labute approximate surface area is 294 Å². The highest BCUT2D eigenvalue weighted by Crippen LogP contribution is 2.19. The Morgan fingerprint density at radius 1 is 0.627 bits per heavy atom. The molecule has 51 heavy (non-hydrogen) atoms. The summed E-state index contributed by atoms with van der Waals surface area (Å²) < 4.78 is 2.24. The fraction of sp³-hybridized carbons (Fsp3) is 0.211. The van der Waals surface area contributed by atoms with Crippen molar-refractivity contribution in [1.29, 1.82) is 0 Å². The van der Waals surface area contributed by atoms with Gasteiger partial charge in [0, 0.05) is 75.6 Å². The average molecular weight is 697 g/mol. The first-order valence-corrected chi connectivity index (χ1v) is 16.0. The van der Waals surface area contributed by atoms with E-state index in [1.165, 1.54) is 5.56 Å². The molecule has 1 aliphatic heterocycles. The smallest absolute Gasteiger partial charge is 0.328 e. The van der Waals surface area contributed by atoms with Crippen LogP contribution in [0.2, 0.25) is 0 Å². The number of hydrogen-bond donors (Lipinski definition) is 4. The van der Waals surface area contributed by atoms with Crippen LogP contribution in [0.5, 0.6) is 0 Å². The van der Waals surface area contributed by atoms with Gasteiger partial charge in [0.15, 0.2) is 5.78 Å². The maximum absolute atomic E-state index is 12.7. The first-order valence-electron chi connectivity index (χ1n) is 16.0. The van der Waals surface area contributed by atoms with Gasteiger partial charge in [-0.2, -0.15) is 0 Å². The number of carbonyl (C=O) groups is 5. The predicted octanol–water partition coefficient (Wildman–Crippen LogP) is 4.56. The van der Waals surface area contributed by atoms with Gasteiger partial charge >= 0.3 is 23.9 Å². The van der Waals surface area contributed by atoms with Gasteiger partial charge in [0.1, 0.15) is 5.82 Å². The summed E-state index contributed by atoms with van der Waals surface area (Å²) >= 11 is 0. The van der Waals surface area contributed by atoms with Gasteiger partial charge in [-0.1, -0.05) is 84.9 Å².